The number of nitrogens with zero attached hydrogens (tertiary/aromatic N) is 1. The summed E-state index contributed by atoms with van der Waals surface area (Å²) >= 11 is 0. The van der Waals surface area contributed by atoms with Crippen LogP contribution in [-0.2, 0) is 12.8 Å². The quantitative estimate of drug-likeness (QED) is 0.888. The average Bonchev–Trinajstić information content (AvgIpc) is 3.03. The van der Waals surface area contributed by atoms with Gasteiger partial charge in [-0.2, -0.15) is 0 Å². The van der Waals surface area contributed by atoms with Crippen molar-refractivity contribution in [3.63, 3.8) is 0 Å². The largest absolute Gasteiger partial charge is 0.313 e. The van der Waals surface area contributed by atoms with Crippen molar-refractivity contribution in [1.29, 1.82) is 0 Å². The second-order valence-electron chi connectivity index (χ2n) is 6.66. The third-order valence-corrected chi connectivity index (χ3v) is 5.13. The number of nitrogens with one attached hydrogen (secondary N) is 1. The molecule has 1 aromatic rings. The normalized spacial score (nSPS) is 27.9. The maximum absolute atomic E-state index is 3.82. The van der Waals surface area contributed by atoms with Crippen molar-refractivity contribution in [3.05, 3.63) is 35.4 Å². The van der Waals surface area contributed by atoms with Gasteiger partial charge in [-0.3, -0.25) is 0 Å². The van der Waals surface area contributed by atoms with Gasteiger partial charge < -0.3 is 10.2 Å². The van der Waals surface area contributed by atoms with Crippen LogP contribution in [0, 0.1) is 5.92 Å². The van der Waals surface area contributed by atoms with Crippen molar-refractivity contribution in [2.45, 2.75) is 44.2 Å². The fourth-order valence-electron chi connectivity index (χ4n) is 3.84. The Morgan fingerprint density at radius 2 is 1.79 bits per heavy atom. The Bertz CT molecular complexity index is 427. The summed E-state index contributed by atoms with van der Waals surface area (Å²) in [5.41, 5.74) is 3.12. The number of hydrogen-bond acceptors (Lipinski definition) is 2. The number of likely N-dealkylation sites (tertiary alicyclic amines) is 1. The van der Waals surface area contributed by atoms with Crippen molar-refractivity contribution in [2.75, 3.05) is 19.6 Å². The number of hydrogen-bond donors (Lipinski definition) is 1. The zero-order valence-corrected chi connectivity index (χ0v) is 11.6. The minimum Gasteiger partial charge on any atom is -0.313 e. The summed E-state index contributed by atoms with van der Waals surface area (Å²) in [5, 5.41) is 3.82. The van der Waals surface area contributed by atoms with Gasteiger partial charge in [0.25, 0.3) is 0 Å². The maximum Gasteiger partial charge on any atom is 0.0148 e. The van der Waals surface area contributed by atoms with Crippen LogP contribution >= 0.6 is 0 Å². The molecule has 2 heteroatoms. The fraction of sp³-hybridized carbons (Fsp3) is 0.647. The highest BCUT2D eigenvalue weighted by atomic mass is 15.2. The monoisotopic (exact) mass is 256 g/mol. The predicted octanol–water partition coefficient (Wildman–Crippen LogP) is 2.23. The summed E-state index contributed by atoms with van der Waals surface area (Å²) in [6.07, 6.45) is 6.78. The Balaban J connectivity index is 1.26. The second-order valence-corrected chi connectivity index (χ2v) is 6.66. The van der Waals surface area contributed by atoms with Crippen LogP contribution in [0.5, 0.6) is 0 Å². The first-order valence-corrected chi connectivity index (χ1v) is 7.93. The minimum absolute atomic E-state index is 0.687. The Kier molecular flexibility index (Phi) is 3.08. The van der Waals surface area contributed by atoms with E-state index in [1.54, 1.807) is 11.1 Å². The van der Waals surface area contributed by atoms with Crippen molar-refractivity contribution in [2.24, 2.45) is 5.92 Å². The van der Waals surface area contributed by atoms with E-state index in [2.05, 4.69) is 34.5 Å². The molecule has 1 heterocycles. The van der Waals surface area contributed by atoms with E-state index < -0.39 is 0 Å². The standard InChI is InChI=1S/C17H24N2/c1-2-4-15-10-16(9-14(15)3-1)18-11-13-7-8-19(12-13)17-5-6-17/h1-4,13,16-18H,5-12H2. The van der Waals surface area contributed by atoms with Crippen LogP contribution in [0.4, 0.5) is 0 Å². The van der Waals surface area contributed by atoms with Crippen LogP contribution < -0.4 is 5.32 Å². The molecule has 0 aromatic heterocycles. The Labute approximate surface area is 116 Å². The molecule has 1 atom stereocenters. The molecule has 2 aliphatic carbocycles. The summed E-state index contributed by atoms with van der Waals surface area (Å²) in [4.78, 5) is 2.72. The van der Waals surface area contributed by atoms with E-state index in [1.807, 2.05) is 0 Å². The van der Waals surface area contributed by atoms with E-state index in [0.717, 1.165) is 12.0 Å². The molecule has 102 valence electrons. The smallest absolute Gasteiger partial charge is 0.0148 e. The lowest BCUT2D eigenvalue weighted by Crippen LogP contribution is -2.35. The molecule has 19 heavy (non-hydrogen) atoms. The van der Waals surface area contributed by atoms with Crippen LogP contribution in [0.2, 0.25) is 0 Å². The highest BCUT2D eigenvalue weighted by molar-refractivity contribution is 5.33. The van der Waals surface area contributed by atoms with E-state index in [4.69, 9.17) is 0 Å². The maximum atomic E-state index is 3.82. The van der Waals surface area contributed by atoms with Gasteiger partial charge >= 0.3 is 0 Å². The van der Waals surface area contributed by atoms with Crippen LogP contribution in [0.1, 0.15) is 30.4 Å². The molecule has 1 saturated carbocycles. The van der Waals surface area contributed by atoms with Crippen molar-refractivity contribution in [3.8, 4) is 0 Å². The minimum atomic E-state index is 0.687. The van der Waals surface area contributed by atoms with Crippen LogP contribution in [0.3, 0.4) is 0 Å². The van der Waals surface area contributed by atoms with Crippen molar-refractivity contribution >= 4 is 0 Å². The molecule has 3 aliphatic rings. The average molecular weight is 256 g/mol. The molecule has 2 fully saturated rings. The van der Waals surface area contributed by atoms with Gasteiger partial charge in [0, 0.05) is 18.6 Å². The molecular weight excluding hydrogens is 232 g/mol. The first kappa shape index (κ1) is 11.9. The van der Waals surface area contributed by atoms with Gasteiger partial charge in [0.15, 0.2) is 0 Å². The summed E-state index contributed by atoms with van der Waals surface area (Å²) in [6, 6.07) is 10.6. The van der Waals surface area contributed by atoms with Crippen LogP contribution in [0.15, 0.2) is 24.3 Å². The first-order valence-electron chi connectivity index (χ1n) is 7.93. The molecule has 0 bridgehead atoms. The molecule has 1 saturated heterocycles. The van der Waals surface area contributed by atoms with Crippen molar-refractivity contribution < 1.29 is 0 Å². The van der Waals surface area contributed by atoms with Crippen LogP contribution in [-0.4, -0.2) is 36.6 Å². The van der Waals surface area contributed by atoms with Gasteiger partial charge in [-0.05, 0) is 62.2 Å². The van der Waals surface area contributed by atoms with Crippen LogP contribution in [0.25, 0.3) is 0 Å². The fourth-order valence-corrected chi connectivity index (χ4v) is 3.84. The molecule has 0 amide bonds. The van der Waals surface area contributed by atoms with E-state index >= 15 is 0 Å². The number of fused-ring (bicyclic) bond motifs is 1. The topological polar surface area (TPSA) is 15.3 Å². The van der Waals surface area contributed by atoms with Crippen molar-refractivity contribution in [1.82, 2.24) is 10.2 Å². The molecule has 1 aromatic carbocycles. The molecule has 1 unspecified atom stereocenters. The van der Waals surface area contributed by atoms with E-state index in [1.165, 1.54) is 51.7 Å². The van der Waals surface area contributed by atoms with E-state index in [9.17, 15) is 0 Å². The first-order chi connectivity index (χ1) is 9.38. The second kappa shape index (κ2) is 4.92. The molecule has 1 N–H and O–H groups in total. The molecule has 1 aliphatic heterocycles. The molecular formula is C17H24N2. The lowest BCUT2D eigenvalue weighted by molar-refractivity contribution is 0.309. The summed E-state index contributed by atoms with van der Waals surface area (Å²) < 4.78 is 0. The highest BCUT2D eigenvalue weighted by Gasteiger charge is 2.34. The summed E-state index contributed by atoms with van der Waals surface area (Å²) in [5.74, 6) is 0.893. The van der Waals surface area contributed by atoms with Gasteiger partial charge in [0.1, 0.15) is 0 Å². The van der Waals surface area contributed by atoms with Gasteiger partial charge in [0.05, 0.1) is 0 Å². The third kappa shape index (κ3) is 2.56. The lowest BCUT2D eigenvalue weighted by Gasteiger charge is -2.17. The molecule has 4 rings (SSSR count). The molecule has 0 spiro atoms. The summed E-state index contributed by atoms with van der Waals surface area (Å²) in [7, 11) is 0. The number of benzene rings is 1. The third-order valence-electron chi connectivity index (χ3n) is 5.13. The van der Waals surface area contributed by atoms with Gasteiger partial charge in [-0.15, -0.1) is 0 Å². The Morgan fingerprint density at radius 3 is 2.47 bits per heavy atom. The van der Waals surface area contributed by atoms with E-state index in [-0.39, 0.29) is 0 Å². The van der Waals surface area contributed by atoms with E-state index in [0.29, 0.717) is 6.04 Å². The zero-order chi connectivity index (χ0) is 12.7. The summed E-state index contributed by atoms with van der Waals surface area (Å²) in [6.45, 7) is 3.92. The molecule has 0 radical (unpaired) electrons. The van der Waals surface area contributed by atoms with Gasteiger partial charge in [0.2, 0.25) is 0 Å². The SMILES string of the molecule is c1ccc2c(c1)CC(NCC1CCN(C3CC3)C1)C2. The van der Waals surface area contributed by atoms with Gasteiger partial charge in [-0.25, -0.2) is 0 Å². The Morgan fingerprint density at radius 1 is 1.05 bits per heavy atom. The lowest BCUT2D eigenvalue weighted by atomic mass is 10.1. The number of rotatable bonds is 4. The van der Waals surface area contributed by atoms with Gasteiger partial charge in [-0.1, -0.05) is 24.3 Å². The highest BCUT2D eigenvalue weighted by Crippen LogP contribution is 2.31. The predicted molar refractivity (Wildman–Crippen MR) is 78.3 cm³/mol. The Hall–Kier alpha value is -0.860. The zero-order valence-electron chi connectivity index (χ0n) is 11.6. The molecule has 2 nitrogen and oxygen atoms in total.